The number of aliphatic hydroxyl groups is 1. The fraction of sp³-hybridized carbons (Fsp3) is 0.986. The zero-order valence-electron chi connectivity index (χ0n) is 54.4. The van der Waals surface area contributed by atoms with Crippen LogP contribution in [0.2, 0.25) is 0 Å². The lowest BCUT2D eigenvalue weighted by atomic mass is 10.0. The van der Waals surface area contributed by atoms with Crippen molar-refractivity contribution in [2.75, 3.05) is 40.9 Å². The SMILES string of the molecule is CCCCCCCCCCCCCCCCCCCCCCCCCCCCCCCCC(O)C(COP(=O)([O-])OCC[N+](C)(C)C)NC(=O)CCCCCCCCCCCCCCCCCCCCCCCCCCCCC. The minimum atomic E-state index is -4.58. The largest absolute Gasteiger partial charge is 0.756 e. The summed E-state index contributed by atoms with van der Waals surface area (Å²) in [6.07, 6.45) is 77.6. The van der Waals surface area contributed by atoms with Crippen molar-refractivity contribution >= 4 is 13.7 Å². The Morgan fingerprint density at radius 2 is 0.620 bits per heavy atom. The van der Waals surface area contributed by atoms with Gasteiger partial charge >= 0.3 is 0 Å². The second kappa shape index (κ2) is 62.0. The van der Waals surface area contributed by atoms with E-state index in [0.717, 1.165) is 38.5 Å². The Labute approximate surface area is 495 Å². The summed E-state index contributed by atoms with van der Waals surface area (Å²) in [5.41, 5.74) is 0. The van der Waals surface area contributed by atoms with Gasteiger partial charge in [-0.15, -0.1) is 0 Å². The van der Waals surface area contributed by atoms with Gasteiger partial charge in [0.25, 0.3) is 7.82 Å². The molecule has 0 aliphatic heterocycles. The van der Waals surface area contributed by atoms with Gasteiger partial charge in [0.2, 0.25) is 5.91 Å². The summed E-state index contributed by atoms with van der Waals surface area (Å²) in [4.78, 5) is 25.7. The molecule has 0 heterocycles. The molecular formula is C70H143N2O6P. The number of amides is 1. The van der Waals surface area contributed by atoms with E-state index in [0.29, 0.717) is 23.9 Å². The van der Waals surface area contributed by atoms with Gasteiger partial charge < -0.3 is 28.8 Å². The van der Waals surface area contributed by atoms with E-state index in [1.807, 2.05) is 21.1 Å². The molecule has 0 saturated heterocycles. The number of phosphoric ester groups is 1. The average Bonchev–Trinajstić information content (AvgIpc) is 3.42. The lowest BCUT2D eigenvalue weighted by molar-refractivity contribution is -0.870. The predicted molar refractivity (Wildman–Crippen MR) is 344 cm³/mol. The summed E-state index contributed by atoms with van der Waals surface area (Å²) in [6.45, 7) is 4.80. The van der Waals surface area contributed by atoms with E-state index in [1.165, 1.54) is 327 Å². The van der Waals surface area contributed by atoms with Crippen molar-refractivity contribution in [3.05, 3.63) is 0 Å². The summed E-state index contributed by atoms with van der Waals surface area (Å²) >= 11 is 0. The van der Waals surface area contributed by atoms with Gasteiger partial charge in [0, 0.05) is 6.42 Å². The van der Waals surface area contributed by atoms with Crippen LogP contribution in [0.5, 0.6) is 0 Å². The van der Waals surface area contributed by atoms with E-state index in [-0.39, 0.29) is 19.1 Å². The maximum atomic E-state index is 13.1. The van der Waals surface area contributed by atoms with Gasteiger partial charge in [-0.05, 0) is 12.8 Å². The van der Waals surface area contributed by atoms with Gasteiger partial charge in [0.1, 0.15) is 13.2 Å². The predicted octanol–water partition coefficient (Wildman–Crippen LogP) is 22.1. The maximum Gasteiger partial charge on any atom is 0.268 e. The molecule has 79 heavy (non-hydrogen) atoms. The third kappa shape index (κ3) is 64.9. The molecule has 0 aliphatic carbocycles. The molecule has 9 heteroatoms. The number of nitrogens with zero attached hydrogens (tertiary/aromatic N) is 1. The van der Waals surface area contributed by atoms with Crippen molar-refractivity contribution in [2.45, 2.75) is 405 Å². The van der Waals surface area contributed by atoms with Crippen LogP contribution in [0.4, 0.5) is 0 Å². The number of phosphoric acid groups is 1. The standard InChI is InChI=1S/C70H143N2O6P/c1-6-8-10-12-14-16-18-20-22-24-26-28-30-32-34-35-36-38-39-41-43-45-47-49-51-53-55-57-59-61-63-69(73)68(67-78-79(75,76)77-66-65-72(3,4)5)71-70(74)64-62-60-58-56-54-52-50-48-46-44-42-40-37-33-31-29-27-25-23-21-19-17-15-13-11-9-7-2/h68-69,73H,6-67H2,1-5H3,(H-,71,74,75,76). The summed E-state index contributed by atoms with van der Waals surface area (Å²) in [7, 11) is 1.33. The number of hydrogen-bond donors (Lipinski definition) is 2. The molecule has 8 nitrogen and oxygen atoms in total. The van der Waals surface area contributed by atoms with Crippen LogP contribution < -0.4 is 10.2 Å². The van der Waals surface area contributed by atoms with E-state index < -0.39 is 20.0 Å². The quantitative estimate of drug-likeness (QED) is 0.0357. The van der Waals surface area contributed by atoms with Crippen LogP contribution in [0.1, 0.15) is 393 Å². The van der Waals surface area contributed by atoms with Crippen LogP contribution >= 0.6 is 7.82 Å². The molecule has 3 unspecified atom stereocenters. The zero-order valence-corrected chi connectivity index (χ0v) is 55.3. The van der Waals surface area contributed by atoms with E-state index in [1.54, 1.807) is 0 Å². The minimum Gasteiger partial charge on any atom is -0.756 e. The lowest BCUT2D eigenvalue weighted by Gasteiger charge is -2.30. The molecule has 0 rings (SSSR count). The number of carbonyl (C=O) groups is 1. The fourth-order valence-corrected chi connectivity index (χ4v) is 12.2. The molecule has 0 bridgehead atoms. The van der Waals surface area contributed by atoms with Gasteiger partial charge in [-0.25, -0.2) is 0 Å². The Balaban J connectivity index is 3.97. The number of rotatable bonds is 68. The zero-order chi connectivity index (χ0) is 57.7. The van der Waals surface area contributed by atoms with Crippen LogP contribution in [0, 0.1) is 0 Å². The molecule has 2 N–H and O–H groups in total. The van der Waals surface area contributed by atoms with E-state index in [4.69, 9.17) is 9.05 Å². The van der Waals surface area contributed by atoms with Crippen LogP contribution in [-0.2, 0) is 18.4 Å². The molecular weight excluding hydrogens is 996 g/mol. The second-order valence-electron chi connectivity index (χ2n) is 26.3. The van der Waals surface area contributed by atoms with Gasteiger partial charge in [-0.3, -0.25) is 9.36 Å². The number of aliphatic hydroxyl groups excluding tert-OH is 1. The molecule has 0 radical (unpaired) electrons. The molecule has 0 aromatic rings. The molecule has 0 fully saturated rings. The molecule has 3 atom stereocenters. The molecule has 474 valence electrons. The molecule has 0 aliphatic rings. The van der Waals surface area contributed by atoms with Crippen molar-refractivity contribution in [2.24, 2.45) is 0 Å². The van der Waals surface area contributed by atoms with Crippen LogP contribution in [0.25, 0.3) is 0 Å². The first-order valence-corrected chi connectivity index (χ1v) is 37.3. The summed E-state index contributed by atoms with van der Waals surface area (Å²) in [5.74, 6) is -0.153. The molecule has 1 amide bonds. The third-order valence-corrected chi connectivity index (χ3v) is 18.1. The van der Waals surface area contributed by atoms with Crippen molar-refractivity contribution in [1.29, 1.82) is 0 Å². The number of unbranched alkanes of at least 4 members (excludes halogenated alkanes) is 55. The topological polar surface area (TPSA) is 108 Å². The summed E-state index contributed by atoms with van der Waals surface area (Å²) < 4.78 is 23.6. The lowest BCUT2D eigenvalue weighted by Crippen LogP contribution is -2.46. The van der Waals surface area contributed by atoms with Gasteiger partial charge in [-0.1, -0.05) is 373 Å². The Hall–Kier alpha value is -0.500. The van der Waals surface area contributed by atoms with Gasteiger partial charge in [0.05, 0.1) is 39.9 Å². The molecule has 0 aromatic heterocycles. The van der Waals surface area contributed by atoms with Crippen molar-refractivity contribution in [3.63, 3.8) is 0 Å². The molecule has 0 spiro atoms. The van der Waals surface area contributed by atoms with Crippen LogP contribution in [0.15, 0.2) is 0 Å². The smallest absolute Gasteiger partial charge is 0.268 e. The number of likely N-dealkylation sites (N-methyl/N-ethyl adjacent to an activating group) is 1. The first-order chi connectivity index (χ1) is 38.5. The molecule has 0 saturated carbocycles. The highest BCUT2D eigenvalue weighted by molar-refractivity contribution is 7.45. The monoisotopic (exact) mass is 1140 g/mol. The Morgan fingerprint density at radius 3 is 0.861 bits per heavy atom. The van der Waals surface area contributed by atoms with Crippen LogP contribution in [-0.4, -0.2) is 68.5 Å². The Morgan fingerprint density at radius 1 is 0.392 bits per heavy atom. The normalized spacial score (nSPS) is 13.6. The Kier molecular flexibility index (Phi) is 61.7. The van der Waals surface area contributed by atoms with Gasteiger partial charge in [0.15, 0.2) is 0 Å². The number of quaternary nitrogens is 1. The number of hydrogen-bond acceptors (Lipinski definition) is 6. The maximum absolute atomic E-state index is 13.1. The number of nitrogens with one attached hydrogen (secondary N) is 1. The summed E-state index contributed by atoms with van der Waals surface area (Å²) in [5, 5.41) is 14.1. The average molecular weight is 1140 g/mol. The Bertz CT molecular complexity index is 1250. The van der Waals surface area contributed by atoms with Crippen LogP contribution in [0.3, 0.4) is 0 Å². The van der Waals surface area contributed by atoms with Crippen molar-refractivity contribution < 1.29 is 32.9 Å². The first-order valence-electron chi connectivity index (χ1n) is 35.9. The number of carbonyl (C=O) groups excluding carboxylic acids is 1. The minimum absolute atomic E-state index is 0.0170. The van der Waals surface area contributed by atoms with Crippen molar-refractivity contribution in [3.8, 4) is 0 Å². The van der Waals surface area contributed by atoms with E-state index >= 15 is 0 Å². The molecule has 0 aromatic carbocycles. The third-order valence-electron chi connectivity index (χ3n) is 17.1. The highest BCUT2D eigenvalue weighted by atomic mass is 31.2. The highest BCUT2D eigenvalue weighted by Crippen LogP contribution is 2.38. The van der Waals surface area contributed by atoms with Crippen molar-refractivity contribution in [1.82, 2.24) is 5.32 Å². The second-order valence-corrected chi connectivity index (χ2v) is 27.7. The summed E-state index contributed by atoms with van der Waals surface area (Å²) in [6, 6.07) is -0.797. The van der Waals surface area contributed by atoms with E-state index in [9.17, 15) is 19.4 Å². The van der Waals surface area contributed by atoms with E-state index in [2.05, 4.69) is 19.2 Å². The highest BCUT2D eigenvalue weighted by Gasteiger charge is 2.24. The fourth-order valence-electron chi connectivity index (χ4n) is 11.5. The van der Waals surface area contributed by atoms with Gasteiger partial charge in [-0.2, -0.15) is 0 Å². The first kappa shape index (κ1) is 78.5.